The first-order valence-electron chi connectivity index (χ1n) is 6.24. The number of nitrogens with one attached hydrogen (secondary N) is 1. The van der Waals surface area contributed by atoms with E-state index < -0.39 is 23.5 Å². The summed E-state index contributed by atoms with van der Waals surface area (Å²) < 4.78 is 76.0. The predicted molar refractivity (Wildman–Crippen MR) is 63.8 cm³/mol. The number of carbonyl (C=O) groups excluding carboxylic acids is 1. The number of benzene rings is 1. The van der Waals surface area contributed by atoms with Crippen molar-refractivity contribution in [1.82, 2.24) is 0 Å². The highest BCUT2D eigenvalue weighted by Crippen LogP contribution is 2.50. The molecule has 0 aliphatic heterocycles. The molecule has 1 aliphatic carbocycles. The predicted octanol–water partition coefficient (Wildman–Crippen LogP) is 3.35. The first-order chi connectivity index (χ1) is 9.97. The van der Waals surface area contributed by atoms with Gasteiger partial charge in [0.2, 0.25) is 5.91 Å². The molecule has 2 rings (SSSR count). The van der Waals surface area contributed by atoms with Crippen LogP contribution in [-0.4, -0.2) is 23.4 Å². The average Bonchev–Trinajstić information content (AvgIpc) is 3.20. The van der Waals surface area contributed by atoms with Crippen molar-refractivity contribution >= 4 is 11.6 Å². The number of halogens is 6. The average molecular weight is 327 g/mol. The van der Waals surface area contributed by atoms with Gasteiger partial charge in [-0.25, -0.2) is 0 Å². The molecule has 1 aromatic carbocycles. The van der Waals surface area contributed by atoms with Crippen LogP contribution in [0.15, 0.2) is 24.3 Å². The van der Waals surface area contributed by atoms with Crippen LogP contribution in [0.5, 0.6) is 0 Å². The minimum Gasteiger partial charge on any atom is -0.369 e. The zero-order valence-electron chi connectivity index (χ0n) is 10.9. The van der Waals surface area contributed by atoms with E-state index in [1.54, 1.807) is 0 Å². The summed E-state index contributed by atoms with van der Waals surface area (Å²) in [6.07, 6.45) is -10.5. The van der Waals surface area contributed by atoms with E-state index in [2.05, 4.69) is 5.32 Å². The summed E-state index contributed by atoms with van der Waals surface area (Å²) in [5.74, 6) is -0.503. The molecule has 1 aromatic rings. The lowest BCUT2D eigenvalue weighted by Gasteiger charge is -2.32. The van der Waals surface area contributed by atoms with E-state index in [1.807, 2.05) is 0 Å². The second-order valence-electron chi connectivity index (χ2n) is 5.05. The van der Waals surface area contributed by atoms with Crippen molar-refractivity contribution in [2.45, 2.75) is 30.8 Å². The summed E-state index contributed by atoms with van der Waals surface area (Å²) >= 11 is 0. The summed E-state index contributed by atoms with van der Waals surface area (Å²) in [5.41, 5.74) is -6.26. The summed E-state index contributed by atoms with van der Waals surface area (Å²) in [7, 11) is 0. The number of rotatable bonds is 3. The van der Waals surface area contributed by atoms with Crippen molar-refractivity contribution < 1.29 is 36.2 Å². The molecule has 0 unspecified atom stereocenters. The van der Waals surface area contributed by atoms with Gasteiger partial charge in [-0.3, -0.25) is 4.79 Å². The zero-order chi connectivity index (χ0) is 16.8. The van der Waals surface area contributed by atoms with Crippen LogP contribution in [0.3, 0.4) is 0 Å². The Morgan fingerprint density at radius 1 is 1.00 bits per heavy atom. The third-order valence-corrected chi connectivity index (χ3v) is 3.34. The minimum atomic E-state index is -5.93. The highest BCUT2D eigenvalue weighted by atomic mass is 19.4. The van der Waals surface area contributed by atoms with Gasteiger partial charge in [0, 0.05) is 17.2 Å². The van der Waals surface area contributed by atoms with Crippen LogP contribution < -0.4 is 5.32 Å². The Morgan fingerprint density at radius 2 is 1.45 bits per heavy atom. The number of hydrogen-bond acceptors (Lipinski definition) is 2. The van der Waals surface area contributed by atoms with Crippen molar-refractivity contribution in [2.24, 2.45) is 5.92 Å². The molecule has 2 N–H and O–H groups in total. The van der Waals surface area contributed by atoms with Crippen molar-refractivity contribution in [1.29, 1.82) is 0 Å². The summed E-state index contributed by atoms with van der Waals surface area (Å²) in [6, 6.07) is 2.75. The molecule has 9 heteroatoms. The summed E-state index contributed by atoms with van der Waals surface area (Å²) in [4.78, 5) is 11.5. The second-order valence-corrected chi connectivity index (χ2v) is 5.05. The van der Waals surface area contributed by atoms with E-state index >= 15 is 0 Å². The molecule has 0 bridgehead atoms. The molecule has 1 saturated carbocycles. The quantitative estimate of drug-likeness (QED) is 0.837. The molecule has 1 amide bonds. The zero-order valence-corrected chi connectivity index (χ0v) is 10.9. The fourth-order valence-electron chi connectivity index (χ4n) is 1.87. The molecule has 0 heterocycles. The maximum absolute atomic E-state index is 12.7. The number of anilines is 1. The highest BCUT2D eigenvalue weighted by Gasteiger charge is 2.71. The Bertz CT molecular complexity index is 545. The normalized spacial score (nSPS) is 16.5. The maximum Gasteiger partial charge on any atom is 0.430 e. The van der Waals surface area contributed by atoms with E-state index in [-0.39, 0.29) is 17.5 Å². The molecule has 0 aromatic heterocycles. The van der Waals surface area contributed by atoms with Gasteiger partial charge in [0.15, 0.2) is 0 Å². The van der Waals surface area contributed by atoms with Gasteiger partial charge in [-0.2, -0.15) is 26.3 Å². The molecule has 0 radical (unpaired) electrons. The van der Waals surface area contributed by atoms with Crippen LogP contribution in [0.4, 0.5) is 32.0 Å². The Kier molecular flexibility index (Phi) is 3.88. The van der Waals surface area contributed by atoms with Crippen LogP contribution in [0, 0.1) is 5.92 Å². The molecule has 22 heavy (non-hydrogen) atoms. The van der Waals surface area contributed by atoms with Gasteiger partial charge in [0.1, 0.15) is 0 Å². The van der Waals surface area contributed by atoms with Crippen molar-refractivity contribution in [3.63, 3.8) is 0 Å². The lowest BCUT2D eigenvalue weighted by molar-refractivity contribution is -0.376. The van der Waals surface area contributed by atoms with Crippen molar-refractivity contribution in [3.8, 4) is 0 Å². The molecular formula is C13H11F6NO2. The SMILES string of the molecule is O=C(Nc1ccc(C(O)(C(F)(F)F)C(F)(F)F)cc1)C1CC1. The lowest BCUT2D eigenvalue weighted by atomic mass is 9.92. The van der Waals surface area contributed by atoms with Gasteiger partial charge < -0.3 is 10.4 Å². The van der Waals surface area contributed by atoms with Crippen molar-refractivity contribution in [2.75, 3.05) is 5.32 Å². The fraction of sp³-hybridized carbons (Fsp3) is 0.462. The number of amides is 1. The molecule has 0 saturated heterocycles. The van der Waals surface area contributed by atoms with E-state index in [4.69, 9.17) is 0 Å². The molecule has 1 aliphatic rings. The van der Waals surface area contributed by atoms with Crippen LogP contribution in [0.25, 0.3) is 0 Å². The van der Waals surface area contributed by atoms with Crippen LogP contribution >= 0.6 is 0 Å². The number of aliphatic hydroxyl groups is 1. The Morgan fingerprint density at radius 3 is 1.82 bits per heavy atom. The molecule has 0 atom stereocenters. The van der Waals surface area contributed by atoms with Gasteiger partial charge in [-0.05, 0) is 25.0 Å². The minimum absolute atomic E-state index is 0.0624. The van der Waals surface area contributed by atoms with E-state index in [0.29, 0.717) is 25.0 Å². The number of hydrogen-bond donors (Lipinski definition) is 2. The highest BCUT2D eigenvalue weighted by molar-refractivity contribution is 5.94. The number of alkyl halides is 6. The Labute approximate surface area is 120 Å². The van der Waals surface area contributed by atoms with Gasteiger partial charge in [0.05, 0.1) is 0 Å². The summed E-state index contributed by atoms with van der Waals surface area (Å²) in [5, 5.41) is 11.6. The molecule has 1 fully saturated rings. The second kappa shape index (κ2) is 5.15. The van der Waals surface area contributed by atoms with Crippen LogP contribution in [-0.2, 0) is 10.4 Å². The lowest BCUT2D eigenvalue weighted by Crippen LogP contribution is -2.53. The number of carbonyl (C=O) groups is 1. The fourth-order valence-corrected chi connectivity index (χ4v) is 1.87. The third kappa shape index (κ3) is 2.90. The van der Waals surface area contributed by atoms with E-state index in [1.165, 1.54) is 0 Å². The van der Waals surface area contributed by atoms with Crippen LogP contribution in [0.1, 0.15) is 18.4 Å². The maximum atomic E-state index is 12.7. The molecule has 122 valence electrons. The molecular weight excluding hydrogens is 316 g/mol. The first-order valence-corrected chi connectivity index (χ1v) is 6.24. The van der Waals surface area contributed by atoms with Crippen LogP contribution in [0.2, 0.25) is 0 Å². The smallest absolute Gasteiger partial charge is 0.369 e. The van der Waals surface area contributed by atoms with Gasteiger partial charge >= 0.3 is 12.4 Å². The standard InChI is InChI=1S/C13H11F6NO2/c14-12(15,16)11(22,13(17,18)19)8-3-5-9(6-4-8)20-10(21)7-1-2-7/h3-7,22H,1-2H2,(H,20,21). The van der Waals surface area contributed by atoms with E-state index in [0.717, 1.165) is 12.1 Å². The van der Waals surface area contributed by atoms with Gasteiger partial charge in [0.25, 0.3) is 5.60 Å². The summed E-state index contributed by atoms with van der Waals surface area (Å²) in [6.45, 7) is 0. The Hall–Kier alpha value is -1.77. The van der Waals surface area contributed by atoms with Gasteiger partial charge in [-0.1, -0.05) is 12.1 Å². The molecule has 3 nitrogen and oxygen atoms in total. The Balaban J connectivity index is 2.28. The topological polar surface area (TPSA) is 49.3 Å². The largest absolute Gasteiger partial charge is 0.430 e. The molecule has 0 spiro atoms. The third-order valence-electron chi connectivity index (χ3n) is 3.34. The monoisotopic (exact) mass is 327 g/mol. The first kappa shape index (κ1) is 16.6. The van der Waals surface area contributed by atoms with Gasteiger partial charge in [-0.15, -0.1) is 0 Å². The van der Waals surface area contributed by atoms with E-state index in [9.17, 15) is 36.2 Å². The van der Waals surface area contributed by atoms with Crippen molar-refractivity contribution in [3.05, 3.63) is 29.8 Å².